The van der Waals surface area contributed by atoms with Gasteiger partial charge in [-0.15, -0.1) is 0 Å². The van der Waals surface area contributed by atoms with Crippen molar-refractivity contribution in [2.24, 2.45) is 5.73 Å². The lowest BCUT2D eigenvalue weighted by atomic mass is 9.96. The van der Waals surface area contributed by atoms with Crippen molar-refractivity contribution in [3.63, 3.8) is 0 Å². The molecule has 2 aromatic rings. The predicted octanol–water partition coefficient (Wildman–Crippen LogP) is 3.74. The summed E-state index contributed by atoms with van der Waals surface area (Å²) in [6.45, 7) is 8.01. The van der Waals surface area contributed by atoms with Gasteiger partial charge in [0.1, 0.15) is 0 Å². The number of aryl methyl sites for hydroxylation is 2. The predicted molar refractivity (Wildman–Crippen MR) is 90.4 cm³/mol. The first kappa shape index (κ1) is 15.7. The minimum atomic E-state index is 0.256. The van der Waals surface area contributed by atoms with Crippen LogP contribution < -0.4 is 5.73 Å². The van der Waals surface area contributed by atoms with E-state index in [2.05, 4.69) is 75.2 Å². The van der Waals surface area contributed by atoms with Crippen LogP contribution in [0.5, 0.6) is 0 Å². The van der Waals surface area contributed by atoms with Crippen molar-refractivity contribution in [2.45, 2.75) is 33.4 Å². The second-order valence-electron chi connectivity index (χ2n) is 5.94. The van der Waals surface area contributed by atoms with Crippen LogP contribution in [0.2, 0.25) is 0 Å². The van der Waals surface area contributed by atoms with Gasteiger partial charge in [0.25, 0.3) is 0 Å². The summed E-state index contributed by atoms with van der Waals surface area (Å²) in [5, 5.41) is 0. The van der Waals surface area contributed by atoms with Gasteiger partial charge in [0, 0.05) is 19.1 Å². The van der Waals surface area contributed by atoms with E-state index in [1.165, 1.54) is 27.8 Å². The average molecular weight is 282 g/mol. The van der Waals surface area contributed by atoms with E-state index >= 15 is 0 Å². The number of hydrogen-bond acceptors (Lipinski definition) is 2. The second kappa shape index (κ2) is 6.88. The minimum Gasteiger partial charge on any atom is -0.329 e. The van der Waals surface area contributed by atoms with Crippen LogP contribution in [0.25, 0.3) is 0 Å². The van der Waals surface area contributed by atoms with Crippen LogP contribution >= 0.6 is 0 Å². The van der Waals surface area contributed by atoms with Crippen molar-refractivity contribution in [2.75, 3.05) is 13.6 Å². The number of rotatable bonds is 5. The molecule has 1 atom stereocenters. The van der Waals surface area contributed by atoms with E-state index in [0.29, 0.717) is 6.54 Å². The van der Waals surface area contributed by atoms with E-state index in [1.807, 2.05) is 0 Å². The zero-order valence-electron chi connectivity index (χ0n) is 13.6. The SMILES string of the molecule is Cc1ccc(CN(C)C(CN)c2cccc(C)c2C)cc1. The van der Waals surface area contributed by atoms with Crippen molar-refractivity contribution >= 4 is 0 Å². The quantitative estimate of drug-likeness (QED) is 0.905. The summed E-state index contributed by atoms with van der Waals surface area (Å²) in [7, 11) is 2.15. The van der Waals surface area contributed by atoms with Crippen LogP contribution in [0.4, 0.5) is 0 Å². The molecule has 112 valence electrons. The van der Waals surface area contributed by atoms with Gasteiger partial charge in [-0.1, -0.05) is 48.0 Å². The van der Waals surface area contributed by atoms with Gasteiger partial charge < -0.3 is 5.73 Å². The van der Waals surface area contributed by atoms with Gasteiger partial charge in [0.15, 0.2) is 0 Å². The van der Waals surface area contributed by atoms with Gasteiger partial charge >= 0.3 is 0 Å². The lowest BCUT2D eigenvalue weighted by Crippen LogP contribution is -2.30. The van der Waals surface area contributed by atoms with Gasteiger partial charge in [-0.3, -0.25) is 4.90 Å². The Kier molecular flexibility index (Phi) is 5.16. The second-order valence-corrected chi connectivity index (χ2v) is 5.94. The van der Waals surface area contributed by atoms with E-state index in [4.69, 9.17) is 5.73 Å². The molecule has 2 aromatic carbocycles. The summed E-state index contributed by atoms with van der Waals surface area (Å²) in [4.78, 5) is 2.34. The van der Waals surface area contributed by atoms with Gasteiger partial charge in [0.05, 0.1) is 0 Å². The lowest BCUT2D eigenvalue weighted by Gasteiger charge is -2.29. The Hall–Kier alpha value is -1.64. The fraction of sp³-hybridized carbons (Fsp3) is 0.368. The van der Waals surface area contributed by atoms with Crippen molar-refractivity contribution in [1.82, 2.24) is 4.90 Å². The number of benzene rings is 2. The molecule has 0 saturated carbocycles. The Labute approximate surface area is 128 Å². The van der Waals surface area contributed by atoms with Gasteiger partial charge in [-0.25, -0.2) is 0 Å². The van der Waals surface area contributed by atoms with Crippen molar-refractivity contribution < 1.29 is 0 Å². The summed E-state index contributed by atoms with van der Waals surface area (Å²) < 4.78 is 0. The maximum absolute atomic E-state index is 6.06. The van der Waals surface area contributed by atoms with Crippen LogP contribution in [0.1, 0.15) is 33.9 Å². The van der Waals surface area contributed by atoms with Crippen molar-refractivity contribution in [3.05, 3.63) is 70.3 Å². The molecule has 0 aliphatic heterocycles. The first-order valence-corrected chi connectivity index (χ1v) is 7.55. The van der Waals surface area contributed by atoms with Gasteiger partial charge in [-0.05, 0) is 50.1 Å². The van der Waals surface area contributed by atoms with Crippen LogP contribution in [-0.2, 0) is 6.54 Å². The molecule has 0 fully saturated rings. The molecule has 0 bridgehead atoms. The molecule has 0 aliphatic carbocycles. The topological polar surface area (TPSA) is 29.3 Å². The highest BCUT2D eigenvalue weighted by Crippen LogP contribution is 2.25. The molecule has 2 rings (SSSR count). The standard InChI is InChI=1S/C19H26N2/c1-14-8-10-17(11-9-14)13-21(4)19(12-20)18-7-5-6-15(2)16(18)3/h5-11,19H,12-13,20H2,1-4H3. The Morgan fingerprint density at radius 1 is 1.00 bits per heavy atom. The van der Waals surface area contributed by atoms with E-state index in [9.17, 15) is 0 Å². The first-order valence-electron chi connectivity index (χ1n) is 7.55. The number of likely N-dealkylation sites (N-methyl/N-ethyl adjacent to an activating group) is 1. The third kappa shape index (κ3) is 3.72. The van der Waals surface area contributed by atoms with Crippen molar-refractivity contribution in [1.29, 1.82) is 0 Å². The highest BCUT2D eigenvalue weighted by atomic mass is 15.1. The molecule has 0 saturated heterocycles. The average Bonchev–Trinajstić information content (AvgIpc) is 2.47. The third-order valence-electron chi connectivity index (χ3n) is 4.31. The Morgan fingerprint density at radius 2 is 1.67 bits per heavy atom. The highest BCUT2D eigenvalue weighted by Gasteiger charge is 2.18. The maximum Gasteiger partial charge on any atom is 0.0473 e. The number of nitrogens with zero attached hydrogens (tertiary/aromatic N) is 1. The summed E-state index contributed by atoms with van der Waals surface area (Å²) in [5.74, 6) is 0. The first-order chi connectivity index (χ1) is 10.0. The van der Waals surface area contributed by atoms with Crippen LogP contribution in [0.15, 0.2) is 42.5 Å². The number of nitrogens with two attached hydrogens (primary N) is 1. The Bertz CT molecular complexity index is 587. The molecule has 2 N–H and O–H groups in total. The zero-order chi connectivity index (χ0) is 15.4. The molecular formula is C19H26N2. The van der Waals surface area contributed by atoms with Gasteiger partial charge in [0.2, 0.25) is 0 Å². The van der Waals surface area contributed by atoms with Crippen LogP contribution in [0.3, 0.4) is 0 Å². The largest absolute Gasteiger partial charge is 0.329 e. The fourth-order valence-corrected chi connectivity index (χ4v) is 2.77. The molecule has 2 nitrogen and oxygen atoms in total. The molecule has 0 aliphatic rings. The molecule has 0 heterocycles. The molecule has 0 spiro atoms. The van der Waals surface area contributed by atoms with Gasteiger partial charge in [-0.2, -0.15) is 0 Å². The highest BCUT2D eigenvalue weighted by molar-refractivity contribution is 5.35. The summed E-state index contributed by atoms with van der Waals surface area (Å²) in [5.41, 5.74) is 12.7. The molecule has 21 heavy (non-hydrogen) atoms. The van der Waals surface area contributed by atoms with E-state index in [0.717, 1.165) is 6.54 Å². The molecule has 0 aromatic heterocycles. The maximum atomic E-state index is 6.06. The summed E-state index contributed by atoms with van der Waals surface area (Å²) in [6.07, 6.45) is 0. The van der Waals surface area contributed by atoms with E-state index in [1.54, 1.807) is 0 Å². The Morgan fingerprint density at radius 3 is 2.29 bits per heavy atom. The van der Waals surface area contributed by atoms with Crippen LogP contribution in [-0.4, -0.2) is 18.5 Å². The molecule has 2 heteroatoms. The zero-order valence-corrected chi connectivity index (χ0v) is 13.6. The monoisotopic (exact) mass is 282 g/mol. The normalized spacial score (nSPS) is 12.7. The minimum absolute atomic E-state index is 0.256. The smallest absolute Gasteiger partial charge is 0.0473 e. The third-order valence-corrected chi connectivity index (χ3v) is 4.31. The molecule has 1 unspecified atom stereocenters. The summed E-state index contributed by atoms with van der Waals surface area (Å²) in [6, 6.07) is 15.5. The molecule has 0 radical (unpaired) electrons. The molecular weight excluding hydrogens is 256 g/mol. The van der Waals surface area contributed by atoms with Crippen molar-refractivity contribution in [3.8, 4) is 0 Å². The molecule has 0 amide bonds. The van der Waals surface area contributed by atoms with E-state index < -0.39 is 0 Å². The lowest BCUT2D eigenvalue weighted by molar-refractivity contribution is 0.241. The van der Waals surface area contributed by atoms with Crippen LogP contribution in [0, 0.1) is 20.8 Å². The number of hydrogen-bond donors (Lipinski definition) is 1. The fourth-order valence-electron chi connectivity index (χ4n) is 2.77. The summed E-state index contributed by atoms with van der Waals surface area (Å²) >= 11 is 0. The Balaban J connectivity index is 2.20. The van der Waals surface area contributed by atoms with E-state index in [-0.39, 0.29) is 6.04 Å².